The van der Waals surface area contributed by atoms with Gasteiger partial charge in [0, 0.05) is 16.7 Å². The number of hydrogen-bond acceptors (Lipinski definition) is 5. The SMILES string of the molecule is O=C(Oc1ccc2c(c1)O/C(=C\c1ccccc1OC(F)F)C2=O)c1cccc(Cl)c1. The molecular formula is C23H13ClF2O5. The van der Waals surface area contributed by atoms with Crippen molar-refractivity contribution in [3.8, 4) is 17.2 Å². The maximum Gasteiger partial charge on any atom is 0.387 e. The van der Waals surface area contributed by atoms with Crippen molar-refractivity contribution in [1.29, 1.82) is 0 Å². The molecule has 3 aromatic carbocycles. The molecule has 4 rings (SSSR count). The maximum atomic E-state index is 12.6. The molecule has 5 nitrogen and oxygen atoms in total. The van der Waals surface area contributed by atoms with E-state index >= 15 is 0 Å². The van der Waals surface area contributed by atoms with Gasteiger partial charge in [-0.15, -0.1) is 0 Å². The third-order valence-corrected chi connectivity index (χ3v) is 4.57. The van der Waals surface area contributed by atoms with Gasteiger partial charge in [0.25, 0.3) is 0 Å². The third-order valence-electron chi connectivity index (χ3n) is 4.33. The lowest BCUT2D eigenvalue weighted by Crippen LogP contribution is -2.08. The summed E-state index contributed by atoms with van der Waals surface area (Å²) in [7, 11) is 0. The number of carbonyl (C=O) groups is 2. The van der Waals surface area contributed by atoms with Gasteiger partial charge in [0.1, 0.15) is 17.2 Å². The van der Waals surface area contributed by atoms with E-state index in [0.717, 1.165) is 0 Å². The highest BCUT2D eigenvalue weighted by Crippen LogP contribution is 2.36. The Bertz CT molecular complexity index is 1210. The summed E-state index contributed by atoms with van der Waals surface area (Å²) in [5, 5.41) is 0.392. The monoisotopic (exact) mass is 442 g/mol. The molecule has 0 aliphatic carbocycles. The van der Waals surface area contributed by atoms with E-state index < -0.39 is 18.4 Å². The number of hydrogen-bond donors (Lipinski definition) is 0. The number of Topliss-reactive ketones (excluding diaryl/α,β-unsaturated/α-hetero) is 1. The lowest BCUT2D eigenvalue weighted by molar-refractivity contribution is -0.0500. The zero-order chi connectivity index (χ0) is 22.0. The summed E-state index contributed by atoms with van der Waals surface area (Å²) in [5.41, 5.74) is 0.772. The van der Waals surface area contributed by atoms with Crippen LogP contribution < -0.4 is 14.2 Å². The summed E-state index contributed by atoms with van der Waals surface area (Å²) in [6, 6.07) is 16.6. The molecule has 0 atom stereocenters. The van der Waals surface area contributed by atoms with Crippen LogP contribution in [0.4, 0.5) is 8.78 Å². The zero-order valence-electron chi connectivity index (χ0n) is 15.7. The Morgan fingerprint density at radius 3 is 2.61 bits per heavy atom. The van der Waals surface area contributed by atoms with E-state index in [4.69, 9.17) is 21.1 Å². The molecule has 156 valence electrons. The van der Waals surface area contributed by atoms with Gasteiger partial charge in [0.05, 0.1) is 11.1 Å². The summed E-state index contributed by atoms with van der Waals surface area (Å²) in [4.78, 5) is 24.9. The van der Waals surface area contributed by atoms with Gasteiger partial charge in [-0.05, 0) is 42.5 Å². The van der Waals surface area contributed by atoms with Crippen molar-refractivity contribution < 1.29 is 32.6 Å². The molecule has 31 heavy (non-hydrogen) atoms. The van der Waals surface area contributed by atoms with E-state index in [-0.39, 0.29) is 39.7 Å². The summed E-state index contributed by atoms with van der Waals surface area (Å²) >= 11 is 5.88. The standard InChI is InChI=1S/C23H13ClF2O5/c24-15-6-3-5-14(10-15)22(28)29-16-8-9-17-19(12-16)30-20(21(17)27)11-13-4-1-2-7-18(13)31-23(25)26/h1-12,23H/b20-11-. The van der Waals surface area contributed by atoms with Gasteiger partial charge in [-0.2, -0.15) is 8.78 Å². The van der Waals surface area contributed by atoms with E-state index in [1.54, 1.807) is 24.3 Å². The fourth-order valence-electron chi connectivity index (χ4n) is 2.96. The number of fused-ring (bicyclic) bond motifs is 1. The van der Waals surface area contributed by atoms with Gasteiger partial charge in [-0.3, -0.25) is 4.79 Å². The lowest BCUT2D eigenvalue weighted by Gasteiger charge is -2.08. The van der Waals surface area contributed by atoms with E-state index in [0.29, 0.717) is 5.02 Å². The first kappa shape index (κ1) is 20.6. The molecule has 0 N–H and O–H groups in total. The molecule has 0 radical (unpaired) electrons. The second kappa shape index (κ2) is 8.57. The minimum absolute atomic E-state index is 0.0707. The van der Waals surface area contributed by atoms with E-state index in [2.05, 4.69) is 4.74 Å². The van der Waals surface area contributed by atoms with Crippen LogP contribution in [-0.4, -0.2) is 18.4 Å². The first-order chi connectivity index (χ1) is 14.9. The van der Waals surface area contributed by atoms with Crippen molar-refractivity contribution in [3.05, 3.63) is 94.2 Å². The van der Waals surface area contributed by atoms with Crippen LogP contribution in [0.25, 0.3) is 6.08 Å². The topological polar surface area (TPSA) is 61.8 Å². The van der Waals surface area contributed by atoms with Crippen molar-refractivity contribution in [2.45, 2.75) is 6.61 Å². The fourth-order valence-corrected chi connectivity index (χ4v) is 3.15. The van der Waals surface area contributed by atoms with Gasteiger partial charge in [0.2, 0.25) is 5.78 Å². The van der Waals surface area contributed by atoms with Crippen LogP contribution in [0.5, 0.6) is 17.2 Å². The van der Waals surface area contributed by atoms with Gasteiger partial charge in [0.15, 0.2) is 5.76 Å². The summed E-state index contributed by atoms with van der Waals surface area (Å²) in [5.74, 6) is -0.874. The Morgan fingerprint density at radius 2 is 1.84 bits per heavy atom. The Labute approximate surface area is 180 Å². The summed E-state index contributed by atoms with van der Waals surface area (Å²) in [6.45, 7) is -3.01. The molecule has 3 aromatic rings. The predicted molar refractivity (Wildman–Crippen MR) is 109 cm³/mol. The average molecular weight is 443 g/mol. The molecule has 0 saturated heterocycles. The average Bonchev–Trinajstić information content (AvgIpc) is 3.04. The molecule has 1 heterocycles. The number of para-hydroxylation sites is 1. The van der Waals surface area contributed by atoms with Crippen LogP contribution in [0.1, 0.15) is 26.3 Å². The Kier molecular flexibility index (Phi) is 5.68. The van der Waals surface area contributed by atoms with E-state index in [1.807, 2.05) is 0 Å². The first-order valence-corrected chi connectivity index (χ1v) is 9.38. The number of allylic oxidation sites excluding steroid dienone is 1. The molecule has 0 spiro atoms. The molecule has 0 bridgehead atoms. The van der Waals surface area contributed by atoms with Gasteiger partial charge < -0.3 is 14.2 Å². The third kappa shape index (κ3) is 4.57. The van der Waals surface area contributed by atoms with Gasteiger partial charge in [-0.25, -0.2) is 4.79 Å². The van der Waals surface area contributed by atoms with Crippen molar-refractivity contribution in [3.63, 3.8) is 0 Å². The van der Waals surface area contributed by atoms with Crippen LogP contribution >= 0.6 is 11.6 Å². The largest absolute Gasteiger partial charge is 0.452 e. The quantitative estimate of drug-likeness (QED) is 0.285. The molecule has 8 heteroatoms. The van der Waals surface area contributed by atoms with Crippen molar-refractivity contribution in [1.82, 2.24) is 0 Å². The number of rotatable bonds is 5. The molecule has 1 aliphatic heterocycles. The summed E-state index contributed by atoms with van der Waals surface area (Å²) < 4.78 is 40.6. The predicted octanol–water partition coefficient (Wildman–Crippen LogP) is 5.78. The van der Waals surface area contributed by atoms with Crippen molar-refractivity contribution in [2.75, 3.05) is 0 Å². The van der Waals surface area contributed by atoms with Crippen LogP contribution in [0.2, 0.25) is 5.02 Å². The molecule has 0 amide bonds. The maximum absolute atomic E-state index is 12.6. The Morgan fingerprint density at radius 1 is 1.03 bits per heavy atom. The fraction of sp³-hybridized carbons (Fsp3) is 0.0435. The van der Waals surface area contributed by atoms with Crippen LogP contribution in [0, 0.1) is 0 Å². The highest BCUT2D eigenvalue weighted by molar-refractivity contribution is 6.30. The highest BCUT2D eigenvalue weighted by Gasteiger charge is 2.28. The number of halogens is 3. The van der Waals surface area contributed by atoms with Crippen molar-refractivity contribution in [2.24, 2.45) is 0 Å². The zero-order valence-corrected chi connectivity index (χ0v) is 16.4. The molecule has 0 saturated carbocycles. The number of ether oxygens (including phenoxy) is 3. The van der Waals surface area contributed by atoms with Gasteiger partial charge >= 0.3 is 12.6 Å². The van der Waals surface area contributed by atoms with Gasteiger partial charge in [-0.1, -0.05) is 35.9 Å². The Balaban J connectivity index is 1.56. The highest BCUT2D eigenvalue weighted by atomic mass is 35.5. The number of benzene rings is 3. The normalized spacial score (nSPS) is 13.8. The second-order valence-corrected chi connectivity index (χ2v) is 6.85. The van der Waals surface area contributed by atoms with Crippen LogP contribution in [-0.2, 0) is 0 Å². The molecule has 0 unspecified atom stereocenters. The molecule has 0 fully saturated rings. The minimum Gasteiger partial charge on any atom is -0.452 e. The number of ketones is 1. The van der Waals surface area contributed by atoms with Crippen molar-refractivity contribution >= 4 is 29.4 Å². The molecule has 1 aliphatic rings. The van der Waals surface area contributed by atoms with E-state index in [9.17, 15) is 18.4 Å². The van der Waals surface area contributed by atoms with E-state index in [1.165, 1.54) is 48.5 Å². The molecule has 0 aromatic heterocycles. The molecular weight excluding hydrogens is 430 g/mol. The lowest BCUT2D eigenvalue weighted by atomic mass is 10.1. The first-order valence-electron chi connectivity index (χ1n) is 9.00. The number of esters is 1. The minimum atomic E-state index is -3.01. The number of alkyl halides is 2. The smallest absolute Gasteiger partial charge is 0.387 e. The van der Waals surface area contributed by atoms with Crippen LogP contribution in [0.3, 0.4) is 0 Å². The Hall–Kier alpha value is -3.71. The second-order valence-electron chi connectivity index (χ2n) is 6.41. The summed E-state index contributed by atoms with van der Waals surface area (Å²) in [6.07, 6.45) is 1.32. The number of carbonyl (C=O) groups excluding carboxylic acids is 2. The van der Waals surface area contributed by atoms with Crippen LogP contribution in [0.15, 0.2) is 72.5 Å².